The predicted octanol–water partition coefficient (Wildman–Crippen LogP) is 7.53. The fourth-order valence-corrected chi connectivity index (χ4v) is 2.99. The van der Waals surface area contributed by atoms with Crippen molar-refractivity contribution in [3.8, 4) is 11.1 Å². The minimum atomic E-state index is -0.482. The molecule has 2 aromatic rings. The molecule has 0 unspecified atom stereocenters. The van der Waals surface area contributed by atoms with Gasteiger partial charge in [0.25, 0.3) is 0 Å². The largest absolute Gasteiger partial charge is 0.245 e. The maximum Gasteiger partial charge on any atom is 0.159 e. The molecule has 138 valence electrons. The van der Waals surface area contributed by atoms with Gasteiger partial charge in [0.05, 0.1) is 0 Å². The highest BCUT2D eigenvalue weighted by Crippen LogP contribution is 2.35. The van der Waals surface area contributed by atoms with E-state index in [4.69, 9.17) is 23.2 Å². The summed E-state index contributed by atoms with van der Waals surface area (Å²) < 4.78 is 15.3. The van der Waals surface area contributed by atoms with E-state index in [-0.39, 0.29) is 11.5 Å². The van der Waals surface area contributed by atoms with Gasteiger partial charge in [-0.2, -0.15) is 0 Å². The number of rotatable bonds is 5. The van der Waals surface area contributed by atoms with E-state index in [1.165, 1.54) is 0 Å². The number of aryl methyl sites for hydroxylation is 1. The smallest absolute Gasteiger partial charge is 0.159 e. The third kappa shape index (κ3) is 5.03. The summed E-state index contributed by atoms with van der Waals surface area (Å²) in [5.74, 6) is -0.199. The molecular formula is C22H19Cl2FN2. The van der Waals surface area contributed by atoms with Crippen molar-refractivity contribution in [1.82, 2.24) is 0 Å². The molecule has 0 saturated carbocycles. The third-order valence-corrected chi connectivity index (χ3v) is 4.24. The number of benzene rings is 2. The van der Waals surface area contributed by atoms with Crippen LogP contribution < -0.4 is 0 Å². The van der Waals surface area contributed by atoms with Crippen molar-refractivity contribution in [2.24, 2.45) is 9.98 Å². The van der Waals surface area contributed by atoms with Gasteiger partial charge in [-0.25, -0.2) is 14.4 Å². The lowest BCUT2D eigenvalue weighted by atomic mass is 10.0. The third-order valence-electron chi connectivity index (χ3n) is 3.81. The number of hydrogen-bond donors (Lipinski definition) is 0. The number of halogens is 3. The number of aliphatic imine (C=N–C) groups is 2. The van der Waals surface area contributed by atoms with Gasteiger partial charge in [-0.15, -0.1) is 0 Å². The minimum absolute atomic E-state index is 0.180. The van der Waals surface area contributed by atoms with E-state index in [9.17, 15) is 0 Å². The van der Waals surface area contributed by atoms with E-state index in [1.807, 2.05) is 19.1 Å². The van der Waals surface area contributed by atoms with Crippen LogP contribution in [0.3, 0.4) is 0 Å². The summed E-state index contributed by atoms with van der Waals surface area (Å²) in [6.07, 6.45) is 7.07. The second-order valence-corrected chi connectivity index (χ2v) is 6.57. The average Bonchev–Trinajstić information content (AvgIpc) is 2.62. The molecular weight excluding hydrogens is 382 g/mol. The highest BCUT2D eigenvalue weighted by Gasteiger charge is 2.15. The van der Waals surface area contributed by atoms with E-state index in [0.717, 1.165) is 0 Å². The second-order valence-electron chi connectivity index (χ2n) is 5.70. The van der Waals surface area contributed by atoms with Gasteiger partial charge in [-0.3, -0.25) is 0 Å². The molecule has 2 nitrogen and oxygen atoms in total. The fraction of sp³-hybridized carbons (Fsp3) is 0.0909. The van der Waals surface area contributed by atoms with Gasteiger partial charge in [-0.1, -0.05) is 66.2 Å². The van der Waals surface area contributed by atoms with Crippen LogP contribution in [0.15, 0.2) is 76.8 Å². The maximum absolute atomic E-state index is 15.3. The lowest BCUT2D eigenvalue weighted by Crippen LogP contribution is -1.98. The van der Waals surface area contributed by atoms with Crippen molar-refractivity contribution in [3.63, 3.8) is 0 Å². The number of amidine groups is 1. The lowest BCUT2D eigenvalue weighted by Gasteiger charge is -2.11. The summed E-state index contributed by atoms with van der Waals surface area (Å²) in [6, 6.07) is 8.37. The topological polar surface area (TPSA) is 24.7 Å². The van der Waals surface area contributed by atoms with Crippen LogP contribution in [0.1, 0.15) is 12.5 Å². The van der Waals surface area contributed by atoms with E-state index in [0.29, 0.717) is 32.3 Å². The Bertz CT molecular complexity index is 952. The molecule has 0 atom stereocenters. The first-order chi connectivity index (χ1) is 12.9. The Morgan fingerprint density at radius 1 is 1.15 bits per heavy atom. The molecule has 0 aliphatic carbocycles. The summed E-state index contributed by atoms with van der Waals surface area (Å²) in [4.78, 5) is 8.34. The van der Waals surface area contributed by atoms with Gasteiger partial charge in [0.1, 0.15) is 5.69 Å². The molecule has 0 saturated heterocycles. The summed E-state index contributed by atoms with van der Waals surface area (Å²) >= 11 is 12.1. The van der Waals surface area contributed by atoms with E-state index < -0.39 is 5.82 Å². The number of hydrogen-bond acceptors (Lipinski definition) is 1. The fourth-order valence-electron chi connectivity index (χ4n) is 2.46. The molecule has 0 radical (unpaired) electrons. The van der Waals surface area contributed by atoms with Crippen LogP contribution in [0.4, 0.5) is 10.1 Å². The molecule has 0 heterocycles. The van der Waals surface area contributed by atoms with Gasteiger partial charge in [0.2, 0.25) is 0 Å². The molecule has 0 fully saturated rings. The zero-order valence-electron chi connectivity index (χ0n) is 15.1. The van der Waals surface area contributed by atoms with Crippen LogP contribution in [0.25, 0.3) is 11.1 Å². The SMILES string of the molecule is C=C/C(=C\C=C/C)C(N=C)=Nc1c(C)ccc(-c2cc(Cl)cc(Cl)c2)c1F. The van der Waals surface area contributed by atoms with Crippen molar-refractivity contribution < 1.29 is 4.39 Å². The van der Waals surface area contributed by atoms with Crippen molar-refractivity contribution >= 4 is 41.4 Å². The van der Waals surface area contributed by atoms with Crippen LogP contribution >= 0.6 is 23.2 Å². The monoisotopic (exact) mass is 400 g/mol. The molecule has 0 aliphatic heterocycles. The normalized spacial score (nSPS) is 12.5. The minimum Gasteiger partial charge on any atom is -0.245 e. The molecule has 5 heteroatoms. The standard InChI is InChI=1S/C22H19Cl2FN2/c1-5-7-8-15(6-2)22(26-4)27-21-14(3)9-10-19(20(21)25)16-11-17(23)13-18(24)12-16/h5-13H,2,4H2,1,3H3/b7-5-,15-8+,27-22?. The first-order valence-electron chi connectivity index (χ1n) is 8.18. The lowest BCUT2D eigenvalue weighted by molar-refractivity contribution is 0.632. The van der Waals surface area contributed by atoms with Crippen LogP contribution in [0.2, 0.25) is 10.0 Å². The Morgan fingerprint density at radius 3 is 2.37 bits per heavy atom. The number of allylic oxidation sites excluding steroid dienone is 3. The van der Waals surface area contributed by atoms with Gasteiger partial charge >= 0.3 is 0 Å². The van der Waals surface area contributed by atoms with Gasteiger partial charge in [0, 0.05) is 21.2 Å². The second kappa shape index (κ2) is 9.45. The van der Waals surface area contributed by atoms with Crippen LogP contribution in [0.5, 0.6) is 0 Å². The maximum atomic E-state index is 15.3. The van der Waals surface area contributed by atoms with E-state index >= 15 is 4.39 Å². The van der Waals surface area contributed by atoms with Gasteiger partial charge in [0.15, 0.2) is 11.7 Å². The Hall–Kier alpha value is -2.49. The van der Waals surface area contributed by atoms with Crippen molar-refractivity contribution in [2.45, 2.75) is 13.8 Å². The van der Waals surface area contributed by atoms with Crippen molar-refractivity contribution in [1.29, 1.82) is 0 Å². The quantitative estimate of drug-likeness (QED) is 0.281. The van der Waals surface area contributed by atoms with E-state index in [1.54, 1.807) is 49.4 Å². The zero-order chi connectivity index (χ0) is 20.0. The molecule has 0 aromatic heterocycles. The Balaban J connectivity index is 2.66. The summed E-state index contributed by atoms with van der Waals surface area (Å²) in [5, 5.41) is 0.860. The average molecular weight is 401 g/mol. The van der Waals surface area contributed by atoms with Crippen LogP contribution in [-0.2, 0) is 0 Å². The molecule has 27 heavy (non-hydrogen) atoms. The first kappa shape index (κ1) is 20.8. The number of nitrogens with zero attached hydrogens (tertiary/aromatic N) is 2. The molecule has 0 spiro atoms. The molecule has 0 N–H and O–H groups in total. The summed E-state index contributed by atoms with van der Waals surface area (Å²) in [5.41, 5.74) is 2.41. The Labute approximate surface area is 169 Å². The Morgan fingerprint density at radius 2 is 1.81 bits per heavy atom. The van der Waals surface area contributed by atoms with Gasteiger partial charge in [-0.05, 0) is 49.9 Å². The zero-order valence-corrected chi connectivity index (χ0v) is 16.7. The summed E-state index contributed by atoms with van der Waals surface area (Å²) in [6.45, 7) is 11.0. The van der Waals surface area contributed by atoms with Crippen LogP contribution in [-0.4, -0.2) is 12.6 Å². The summed E-state index contributed by atoms with van der Waals surface area (Å²) in [7, 11) is 0. The first-order valence-corrected chi connectivity index (χ1v) is 8.93. The highest BCUT2D eigenvalue weighted by molar-refractivity contribution is 6.35. The molecule has 2 aromatic carbocycles. The molecule has 0 amide bonds. The molecule has 0 aliphatic rings. The van der Waals surface area contributed by atoms with Crippen LogP contribution in [0, 0.1) is 12.7 Å². The van der Waals surface area contributed by atoms with Crippen molar-refractivity contribution in [2.75, 3.05) is 0 Å². The Kier molecular flexibility index (Phi) is 7.28. The predicted molar refractivity (Wildman–Crippen MR) is 116 cm³/mol. The van der Waals surface area contributed by atoms with Gasteiger partial charge < -0.3 is 0 Å². The van der Waals surface area contributed by atoms with Crippen molar-refractivity contribution in [3.05, 3.63) is 88.2 Å². The van der Waals surface area contributed by atoms with E-state index in [2.05, 4.69) is 23.3 Å². The molecule has 2 rings (SSSR count). The highest BCUT2D eigenvalue weighted by atomic mass is 35.5. The molecule has 0 bridgehead atoms.